The van der Waals surface area contributed by atoms with Crippen LogP contribution in [0.2, 0.25) is 5.02 Å². The van der Waals surface area contributed by atoms with Crippen molar-refractivity contribution in [3.05, 3.63) is 35.5 Å². The second-order valence-corrected chi connectivity index (χ2v) is 4.35. The summed E-state index contributed by atoms with van der Waals surface area (Å²) >= 11 is 5.88. The number of fused-ring (bicyclic) bond motifs is 1. The van der Waals surface area contributed by atoms with Crippen LogP contribution in [0, 0.1) is 0 Å². The van der Waals surface area contributed by atoms with E-state index in [1.165, 1.54) is 0 Å². The zero-order valence-corrected chi connectivity index (χ0v) is 9.54. The van der Waals surface area contributed by atoms with E-state index in [2.05, 4.69) is 10.4 Å². The molecular formula is C12H12ClN3. The molecule has 3 rings (SSSR count). The Bertz CT molecular complexity index is 501. The van der Waals surface area contributed by atoms with Crippen molar-refractivity contribution in [1.29, 1.82) is 0 Å². The van der Waals surface area contributed by atoms with E-state index in [0.29, 0.717) is 0 Å². The molecule has 0 fully saturated rings. The fourth-order valence-electron chi connectivity index (χ4n) is 2.02. The molecule has 0 atom stereocenters. The lowest BCUT2D eigenvalue weighted by atomic mass is 10.1. The second kappa shape index (κ2) is 3.83. The van der Waals surface area contributed by atoms with Gasteiger partial charge in [-0.15, -0.1) is 0 Å². The lowest BCUT2D eigenvalue weighted by Gasteiger charge is -2.17. The van der Waals surface area contributed by atoms with Crippen LogP contribution in [0.25, 0.3) is 11.1 Å². The molecule has 0 radical (unpaired) electrons. The number of anilines is 1. The minimum absolute atomic E-state index is 0.762. The highest BCUT2D eigenvalue weighted by atomic mass is 35.5. The molecule has 0 spiro atoms. The van der Waals surface area contributed by atoms with E-state index in [1.807, 2.05) is 35.1 Å². The quantitative estimate of drug-likeness (QED) is 0.821. The van der Waals surface area contributed by atoms with Crippen molar-refractivity contribution in [2.45, 2.75) is 13.0 Å². The molecule has 0 aliphatic carbocycles. The largest absolute Gasteiger partial charge is 0.370 e. The van der Waals surface area contributed by atoms with Gasteiger partial charge in [-0.2, -0.15) is 5.10 Å². The van der Waals surface area contributed by atoms with Crippen LogP contribution in [0.5, 0.6) is 0 Å². The topological polar surface area (TPSA) is 29.9 Å². The predicted octanol–water partition coefficient (Wildman–Crippen LogP) is 3.02. The number of aryl methyl sites for hydroxylation is 1. The van der Waals surface area contributed by atoms with Crippen LogP contribution in [0.1, 0.15) is 6.42 Å². The summed E-state index contributed by atoms with van der Waals surface area (Å²) in [5.41, 5.74) is 2.30. The maximum Gasteiger partial charge on any atom is 0.132 e. The summed E-state index contributed by atoms with van der Waals surface area (Å²) in [4.78, 5) is 0. The molecule has 0 bridgehead atoms. The van der Waals surface area contributed by atoms with Gasteiger partial charge in [0.1, 0.15) is 5.82 Å². The van der Waals surface area contributed by atoms with Crippen molar-refractivity contribution >= 4 is 17.4 Å². The molecule has 0 unspecified atom stereocenters. The second-order valence-electron chi connectivity index (χ2n) is 3.92. The molecule has 2 heterocycles. The highest BCUT2D eigenvalue weighted by Gasteiger charge is 2.14. The SMILES string of the molecule is Clc1ccc(-c2cnn3c2NCCC3)cc1. The Kier molecular flexibility index (Phi) is 2.33. The monoisotopic (exact) mass is 233 g/mol. The van der Waals surface area contributed by atoms with Crippen molar-refractivity contribution in [3.63, 3.8) is 0 Å². The standard InChI is InChI=1S/C12H12ClN3/c13-10-4-2-9(3-5-10)11-8-15-16-7-1-6-14-12(11)16/h2-5,8,14H,1,6-7H2. The first-order valence-electron chi connectivity index (χ1n) is 5.40. The van der Waals surface area contributed by atoms with E-state index in [-0.39, 0.29) is 0 Å². The van der Waals surface area contributed by atoms with Crippen molar-refractivity contribution in [3.8, 4) is 11.1 Å². The molecule has 1 aromatic heterocycles. The zero-order chi connectivity index (χ0) is 11.0. The number of nitrogens with one attached hydrogen (secondary N) is 1. The number of hydrogen-bond donors (Lipinski definition) is 1. The van der Waals surface area contributed by atoms with Crippen LogP contribution in [0.4, 0.5) is 5.82 Å². The summed E-state index contributed by atoms with van der Waals surface area (Å²) in [6.07, 6.45) is 3.05. The average molecular weight is 234 g/mol. The summed E-state index contributed by atoms with van der Waals surface area (Å²) in [5, 5.41) is 8.53. The molecule has 0 amide bonds. The van der Waals surface area contributed by atoms with E-state index in [0.717, 1.165) is 41.5 Å². The van der Waals surface area contributed by atoms with Crippen molar-refractivity contribution in [2.75, 3.05) is 11.9 Å². The number of hydrogen-bond acceptors (Lipinski definition) is 2. The molecule has 0 saturated carbocycles. The van der Waals surface area contributed by atoms with Gasteiger partial charge in [0.2, 0.25) is 0 Å². The van der Waals surface area contributed by atoms with Gasteiger partial charge in [0.05, 0.1) is 6.20 Å². The molecule has 1 aliphatic heterocycles. The van der Waals surface area contributed by atoms with E-state index in [4.69, 9.17) is 11.6 Å². The number of halogens is 1. The minimum Gasteiger partial charge on any atom is -0.370 e. The fraction of sp³-hybridized carbons (Fsp3) is 0.250. The molecule has 0 saturated heterocycles. The predicted molar refractivity (Wildman–Crippen MR) is 65.8 cm³/mol. The Labute approximate surface area is 99.0 Å². The molecule has 2 aromatic rings. The first kappa shape index (κ1) is 9.73. The Morgan fingerprint density at radius 1 is 1.25 bits per heavy atom. The van der Waals surface area contributed by atoms with Crippen molar-refractivity contribution < 1.29 is 0 Å². The van der Waals surface area contributed by atoms with E-state index in [9.17, 15) is 0 Å². The van der Waals surface area contributed by atoms with Gasteiger partial charge in [-0.25, -0.2) is 4.68 Å². The van der Waals surface area contributed by atoms with E-state index >= 15 is 0 Å². The third-order valence-corrected chi connectivity index (χ3v) is 3.09. The molecule has 3 nitrogen and oxygen atoms in total. The summed E-state index contributed by atoms with van der Waals surface area (Å²) in [6.45, 7) is 2.02. The summed E-state index contributed by atoms with van der Waals surface area (Å²) in [7, 11) is 0. The maximum atomic E-state index is 5.88. The lowest BCUT2D eigenvalue weighted by Crippen LogP contribution is -2.17. The highest BCUT2D eigenvalue weighted by molar-refractivity contribution is 6.30. The first-order chi connectivity index (χ1) is 7.84. The highest BCUT2D eigenvalue weighted by Crippen LogP contribution is 2.30. The van der Waals surface area contributed by atoms with Crippen LogP contribution in [0.15, 0.2) is 30.5 Å². The Morgan fingerprint density at radius 2 is 2.06 bits per heavy atom. The normalized spacial score (nSPS) is 14.3. The molecular weight excluding hydrogens is 222 g/mol. The van der Waals surface area contributed by atoms with Crippen LogP contribution in [-0.2, 0) is 6.54 Å². The summed E-state index contributed by atoms with van der Waals surface area (Å²) < 4.78 is 2.02. The smallest absolute Gasteiger partial charge is 0.132 e. The molecule has 4 heteroatoms. The van der Waals surface area contributed by atoms with Crippen molar-refractivity contribution in [2.24, 2.45) is 0 Å². The van der Waals surface area contributed by atoms with E-state index < -0.39 is 0 Å². The van der Waals surface area contributed by atoms with Crippen molar-refractivity contribution in [1.82, 2.24) is 9.78 Å². The van der Waals surface area contributed by atoms with Gasteiger partial charge in [0.25, 0.3) is 0 Å². The van der Waals surface area contributed by atoms with Gasteiger partial charge in [0.15, 0.2) is 0 Å². The van der Waals surface area contributed by atoms with Gasteiger partial charge >= 0.3 is 0 Å². The summed E-state index contributed by atoms with van der Waals surface area (Å²) in [6, 6.07) is 7.86. The van der Waals surface area contributed by atoms with Gasteiger partial charge in [0, 0.05) is 23.7 Å². The third-order valence-electron chi connectivity index (χ3n) is 2.83. The van der Waals surface area contributed by atoms with Gasteiger partial charge in [-0.1, -0.05) is 23.7 Å². The van der Waals surface area contributed by atoms with Crippen LogP contribution in [-0.4, -0.2) is 16.3 Å². The first-order valence-corrected chi connectivity index (χ1v) is 5.78. The minimum atomic E-state index is 0.762. The Hall–Kier alpha value is -1.48. The number of benzene rings is 1. The van der Waals surface area contributed by atoms with Gasteiger partial charge in [-0.3, -0.25) is 0 Å². The zero-order valence-electron chi connectivity index (χ0n) is 8.78. The fourth-order valence-corrected chi connectivity index (χ4v) is 2.14. The molecule has 1 aliphatic rings. The Morgan fingerprint density at radius 3 is 2.88 bits per heavy atom. The molecule has 16 heavy (non-hydrogen) atoms. The molecule has 1 aromatic carbocycles. The number of nitrogens with zero attached hydrogens (tertiary/aromatic N) is 2. The van der Waals surface area contributed by atoms with Gasteiger partial charge in [-0.05, 0) is 24.1 Å². The number of rotatable bonds is 1. The lowest BCUT2D eigenvalue weighted by molar-refractivity contribution is 0.568. The Balaban J connectivity index is 2.06. The van der Waals surface area contributed by atoms with Crippen LogP contribution < -0.4 is 5.32 Å². The number of aromatic nitrogens is 2. The average Bonchev–Trinajstić information content (AvgIpc) is 2.74. The molecule has 1 N–H and O–H groups in total. The van der Waals surface area contributed by atoms with Crippen LogP contribution >= 0.6 is 11.6 Å². The maximum absolute atomic E-state index is 5.88. The van der Waals surface area contributed by atoms with Crippen LogP contribution in [0.3, 0.4) is 0 Å². The third kappa shape index (κ3) is 1.57. The molecule has 82 valence electrons. The van der Waals surface area contributed by atoms with Gasteiger partial charge < -0.3 is 5.32 Å². The summed E-state index contributed by atoms with van der Waals surface area (Å²) in [5.74, 6) is 1.12. The van der Waals surface area contributed by atoms with E-state index in [1.54, 1.807) is 0 Å².